The Morgan fingerprint density at radius 1 is 1.44 bits per heavy atom. The maximum atomic E-state index is 12.4. The van der Waals surface area contributed by atoms with E-state index in [2.05, 4.69) is 6.07 Å². The maximum absolute atomic E-state index is 12.4. The van der Waals surface area contributed by atoms with E-state index in [0.717, 1.165) is 6.42 Å². The molecule has 0 radical (unpaired) electrons. The SMILES string of the molecule is CCOC(=O)CN(C(=O)C1(C#N)CCC1)C(C)C. The van der Waals surface area contributed by atoms with Gasteiger partial charge in [-0.1, -0.05) is 0 Å². The van der Waals surface area contributed by atoms with Gasteiger partial charge in [-0.05, 0) is 40.0 Å². The number of rotatable bonds is 5. The predicted molar refractivity (Wildman–Crippen MR) is 65.4 cm³/mol. The highest BCUT2D eigenvalue weighted by atomic mass is 16.5. The summed E-state index contributed by atoms with van der Waals surface area (Å²) in [5.41, 5.74) is -0.906. The van der Waals surface area contributed by atoms with E-state index in [9.17, 15) is 9.59 Å². The Morgan fingerprint density at radius 3 is 2.39 bits per heavy atom. The topological polar surface area (TPSA) is 70.4 Å². The number of hydrogen-bond acceptors (Lipinski definition) is 4. The Hall–Kier alpha value is -1.57. The summed E-state index contributed by atoms with van der Waals surface area (Å²) < 4.78 is 4.85. The van der Waals surface area contributed by atoms with Crippen molar-refractivity contribution in [1.29, 1.82) is 5.26 Å². The fraction of sp³-hybridized carbons (Fsp3) is 0.769. The van der Waals surface area contributed by atoms with E-state index in [4.69, 9.17) is 10.00 Å². The van der Waals surface area contributed by atoms with E-state index in [1.54, 1.807) is 6.92 Å². The molecule has 18 heavy (non-hydrogen) atoms. The quantitative estimate of drug-likeness (QED) is 0.695. The van der Waals surface area contributed by atoms with Gasteiger partial charge in [0, 0.05) is 6.04 Å². The Labute approximate surface area is 108 Å². The molecular formula is C13H20N2O3. The molecule has 0 aromatic heterocycles. The van der Waals surface area contributed by atoms with Gasteiger partial charge in [0.25, 0.3) is 0 Å². The Bertz CT molecular complexity index is 367. The second-order valence-corrected chi connectivity index (χ2v) is 4.88. The number of carbonyl (C=O) groups is 2. The lowest BCUT2D eigenvalue weighted by Gasteiger charge is -2.39. The standard InChI is InChI=1S/C13H20N2O3/c1-4-18-11(16)8-15(10(2)3)12(17)13(9-14)6-5-7-13/h10H,4-8H2,1-3H3. The lowest BCUT2D eigenvalue weighted by molar-refractivity contribution is -0.155. The molecule has 0 unspecified atom stereocenters. The van der Waals surface area contributed by atoms with Crippen LogP contribution >= 0.6 is 0 Å². The minimum Gasteiger partial charge on any atom is -0.465 e. The molecule has 0 saturated heterocycles. The molecule has 0 heterocycles. The Morgan fingerprint density at radius 2 is 2.06 bits per heavy atom. The van der Waals surface area contributed by atoms with Gasteiger partial charge >= 0.3 is 5.97 Å². The van der Waals surface area contributed by atoms with E-state index in [0.29, 0.717) is 19.4 Å². The van der Waals surface area contributed by atoms with Crippen LogP contribution in [0.2, 0.25) is 0 Å². The van der Waals surface area contributed by atoms with E-state index >= 15 is 0 Å². The smallest absolute Gasteiger partial charge is 0.325 e. The van der Waals surface area contributed by atoms with Gasteiger partial charge in [-0.15, -0.1) is 0 Å². The second-order valence-electron chi connectivity index (χ2n) is 4.88. The number of nitrogens with zero attached hydrogens (tertiary/aromatic N) is 2. The molecule has 0 aromatic rings. The molecule has 1 amide bonds. The number of hydrogen-bond donors (Lipinski definition) is 0. The lowest BCUT2D eigenvalue weighted by atomic mass is 9.69. The lowest BCUT2D eigenvalue weighted by Crippen LogP contribution is -2.51. The minimum atomic E-state index is -0.906. The van der Waals surface area contributed by atoms with Crippen LogP contribution in [-0.2, 0) is 14.3 Å². The van der Waals surface area contributed by atoms with Gasteiger partial charge in [0.1, 0.15) is 12.0 Å². The molecule has 0 bridgehead atoms. The average molecular weight is 252 g/mol. The summed E-state index contributed by atoms with van der Waals surface area (Å²) in [5.74, 6) is -0.661. The van der Waals surface area contributed by atoms with Crippen LogP contribution in [0.5, 0.6) is 0 Å². The zero-order valence-corrected chi connectivity index (χ0v) is 11.2. The fourth-order valence-corrected chi connectivity index (χ4v) is 2.01. The fourth-order valence-electron chi connectivity index (χ4n) is 2.01. The van der Waals surface area contributed by atoms with Crippen molar-refractivity contribution in [2.75, 3.05) is 13.2 Å². The average Bonchev–Trinajstić information content (AvgIpc) is 2.25. The second kappa shape index (κ2) is 5.85. The largest absolute Gasteiger partial charge is 0.465 e. The first-order chi connectivity index (χ1) is 8.46. The van der Waals surface area contributed by atoms with Gasteiger partial charge < -0.3 is 9.64 Å². The molecule has 0 spiro atoms. The third-order valence-electron chi connectivity index (χ3n) is 3.32. The van der Waals surface area contributed by atoms with Crippen molar-refractivity contribution < 1.29 is 14.3 Å². The van der Waals surface area contributed by atoms with Crippen LogP contribution < -0.4 is 0 Å². The summed E-state index contributed by atoms with van der Waals surface area (Å²) in [4.78, 5) is 25.3. The monoisotopic (exact) mass is 252 g/mol. The molecule has 1 aliphatic carbocycles. The summed E-state index contributed by atoms with van der Waals surface area (Å²) in [7, 11) is 0. The van der Waals surface area contributed by atoms with Crippen molar-refractivity contribution in [3.63, 3.8) is 0 Å². The molecule has 0 N–H and O–H groups in total. The molecule has 5 heteroatoms. The van der Waals surface area contributed by atoms with Crippen molar-refractivity contribution >= 4 is 11.9 Å². The maximum Gasteiger partial charge on any atom is 0.325 e. The van der Waals surface area contributed by atoms with E-state index in [1.165, 1.54) is 4.90 Å². The van der Waals surface area contributed by atoms with Crippen LogP contribution in [0.1, 0.15) is 40.0 Å². The Balaban J connectivity index is 2.76. The van der Waals surface area contributed by atoms with Crippen LogP contribution in [0.15, 0.2) is 0 Å². The van der Waals surface area contributed by atoms with Gasteiger partial charge in [0.15, 0.2) is 0 Å². The zero-order chi connectivity index (χ0) is 13.8. The first-order valence-corrected chi connectivity index (χ1v) is 6.35. The van der Waals surface area contributed by atoms with Crippen molar-refractivity contribution in [1.82, 2.24) is 4.90 Å². The highest BCUT2D eigenvalue weighted by Gasteiger charge is 2.47. The van der Waals surface area contributed by atoms with Gasteiger partial charge in [-0.3, -0.25) is 9.59 Å². The van der Waals surface area contributed by atoms with Gasteiger partial charge in [0.2, 0.25) is 5.91 Å². The summed E-state index contributed by atoms with van der Waals surface area (Å²) in [6.07, 6.45) is 2.08. The van der Waals surface area contributed by atoms with E-state index in [-0.39, 0.29) is 18.5 Å². The van der Waals surface area contributed by atoms with Crippen LogP contribution in [0, 0.1) is 16.7 Å². The minimum absolute atomic E-state index is 0.0756. The van der Waals surface area contributed by atoms with Crippen LogP contribution in [-0.4, -0.2) is 36.0 Å². The number of carbonyl (C=O) groups excluding carboxylic acids is 2. The van der Waals surface area contributed by atoms with Crippen LogP contribution in [0.3, 0.4) is 0 Å². The van der Waals surface area contributed by atoms with Crippen molar-refractivity contribution in [3.05, 3.63) is 0 Å². The number of amides is 1. The highest BCUT2D eigenvalue weighted by molar-refractivity contribution is 5.89. The number of esters is 1. The molecule has 100 valence electrons. The molecule has 1 rings (SSSR count). The molecule has 1 saturated carbocycles. The third kappa shape index (κ3) is 2.81. The first-order valence-electron chi connectivity index (χ1n) is 6.35. The van der Waals surface area contributed by atoms with Crippen LogP contribution in [0.4, 0.5) is 0 Å². The predicted octanol–water partition coefficient (Wildman–Crippen LogP) is 1.48. The third-order valence-corrected chi connectivity index (χ3v) is 3.32. The molecule has 0 atom stereocenters. The van der Waals surface area contributed by atoms with Gasteiger partial charge in [-0.2, -0.15) is 5.26 Å². The van der Waals surface area contributed by atoms with E-state index in [1.807, 2.05) is 13.8 Å². The molecule has 5 nitrogen and oxygen atoms in total. The van der Waals surface area contributed by atoms with Gasteiger partial charge in [-0.25, -0.2) is 0 Å². The van der Waals surface area contributed by atoms with Crippen molar-refractivity contribution in [3.8, 4) is 6.07 Å². The van der Waals surface area contributed by atoms with Crippen molar-refractivity contribution in [2.45, 2.75) is 46.1 Å². The molecule has 1 fully saturated rings. The van der Waals surface area contributed by atoms with Crippen molar-refractivity contribution in [2.24, 2.45) is 5.41 Å². The zero-order valence-electron chi connectivity index (χ0n) is 11.2. The molecular weight excluding hydrogens is 232 g/mol. The highest BCUT2D eigenvalue weighted by Crippen LogP contribution is 2.42. The first kappa shape index (κ1) is 14.5. The van der Waals surface area contributed by atoms with Gasteiger partial charge in [0.05, 0.1) is 12.7 Å². The summed E-state index contributed by atoms with van der Waals surface area (Å²) in [6, 6.07) is 1.99. The molecule has 0 aliphatic heterocycles. The normalized spacial score (nSPS) is 16.6. The Kier molecular flexibility index (Phi) is 4.71. The summed E-state index contributed by atoms with van der Waals surface area (Å²) >= 11 is 0. The molecule has 0 aromatic carbocycles. The van der Waals surface area contributed by atoms with E-state index < -0.39 is 11.4 Å². The molecule has 1 aliphatic rings. The number of nitriles is 1. The summed E-state index contributed by atoms with van der Waals surface area (Å²) in [6.45, 7) is 5.61. The van der Waals surface area contributed by atoms with Crippen LogP contribution in [0.25, 0.3) is 0 Å². The number of ether oxygens (including phenoxy) is 1. The summed E-state index contributed by atoms with van der Waals surface area (Å²) in [5, 5.41) is 9.16.